The minimum absolute atomic E-state index is 0.0779. The third-order valence-corrected chi connectivity index (χ3v) is 5.25. The molecule has 0 unspecified atom stereocenters. The first-order chi connectivity index (χ1) is 15.5. The van der Waals surface area contributed by atoms with Gasteiger partial charge in [0.1, 0.15) is 13.2 Å². The quantitative estimate of drug-likeness (QED) is 0.577. The van der Waals surface area contributed by atoms with Crippen molar-refractivity contribution in [3.63, 3.8) is 0 Å². The predicted molar refractivity (Wildman–Crippen MR) is 112 cm³/mol. The third-order valence-electron chi connectivity index (χ3n) is 5.25. The number of hydrogen-bond donors (Lipinski definition) is 2. The molecule has 0 spiro atoms. The van der Waals surface area contributed by atoms with E-state index in [4.69, 9.17) is 9.84 Å². The lowest BCUT2D eigenvalue weighted by molar-refractivity contribution is -0.137. The molecule has 10 nitrogen and oxygen atoms in total. The van der Waals surface area contributed by atoms with E-state index < -0.39 is 24.5 Å². The number of fused-ring (bicyclic) bond motifs is 3. The van der Waals surface area contributed by atoms with Crippen LogP contribution in [0.4, 0.5) is 10.6 Å². The van der Waals surface area contributed by atoms with Crippen LogP contribution in [0.2, 0.25) is 0 Å². The van der Waals surface area contributed by atoms with Crippen LogP contribution in [0, 0.1) is 0 Å². The molecule has 2 N–H and O–H groups in total. The number of nitrogens with one attached hydrogen (secondary N) is 1. The van der Waals surface area contributed by atoms with Gasteiger partial charge in [-0.25, -0.2) is 9.42 Å². The summed E-state index contributed by atoms with van der Waals surface area (Å²) >= 11 is 0. The van der Waals surface area contributed by atoms with Crippen molar-refractivity contribution in [2.75, 3.05) is 25.0 Å². The molecule has 3 aromatic rings. The molecule has 32 heavy (non-hydrogen) atoms. The molecule has 1 aromatic heterocycles. The van der Waals surface area contributed by atoms with Gasteiger partial charge >= 0.3 is 12.1 Å². The molecule has 1 aliphatic carbocycles. The number of ether oxygens (including phenoxy) is 1. The van der Waals surface area contributed by atoms with Gasteiger partial charge in [0.25, 0.3) is 5.91 Å². The van der Waals surface area contributed by atoms with Gasteiger partial charge in [0.15, 0.2) is 0 Å². The number of hydrogen-bond acceptors (Lipinski definition) is 7. The molecule has 0 saturated heterocycles. The van der Waals surface area contributed by atoms with Crippen LogP contribution in [0.1, 0.15) is 34.5 Å². The molecule has 0 saturated carbocycles. The van der Waals surface area contributed by atoms with Crippen LogP contribution < -0.4 is 5.32 Å². The van der Waals surface area contributed by atoms with Gasteiger partial charge in [-0.05, 0) is 39.5 Å². The summed E-state index contributed by atoms with van der Waals surface area (Å²) in [5, 5.41) is 18.3. The van der Waals surface area contributed by atoms with Crippen LogP contribution in [0.5, 0.6) is 0 Å². The summed E-state index contributed by atoms with van der Waals surface area (Å²) in [6.45, 7) is 1.30. The van der Waals surface area contributed by atoms with E-state index in [1.54, 1.807) is 6.92 Å². The fraction of sp³-hybridized carbons (Fsp3) is 0.227. The number of amides is 2. The minimum Gasteiger partial charge on any atom is -0.480 e. The lowest BCUT2D eigenvalue weighted by Crippen LogP contribution is -2.36. The van der Waals surface area contributed by atoms with E-state index in [1.165, 1.54) is 0 Å². The van der Waals surface area contributed by atoms with E-state index in [9.17, 15) is 14.4 Å². The number of carbonyl (C=O) groups is 3. The fourth-order valence-corrected chi connectivity index (χ4v) is 3.78. The van der Waals surface area contributed by atoms with E-state index in [0.717, 1.165) is 27.2 Å². The van der Waals surface area contributed by atoms with Crippen molar-refractivity contribution in [3.05, 3.63) is 65.4 Å². The molecule has 0 aliphatic heterocycles. The Morgan fingerprint density at radius 3 is 2.28 bits per heavy atom. The summed E-state index contributed by atoms with van der Waals surface area (Å²) < 4.78 is 9.99. The number of aromatic nitrogens is 2. The zero-order chi connectivity index (χ0) is 22.7. The molecule has 4 rings (SSSR count). The normalized spacial score (nSPS) is 12.0. The van der Waals surface area contributed by atoms with Crippen molar-refractivity contribution in [1.29, 1.82) is 0 Å². The number of rotatable bonds is 7. The Balaban J connectivity index is 1.45. The number of benzene rings is 2. The largest absolute Gasteiger partial charge is 0.480 e. The van der Waals surface area contributed by atoms with Gasteiger partial charge < -0.3 is 14.7 Å². The number of anilines is 1. The Labute approximate surface area is 182 Å². The average molecular weight is 436 g/mol. The van der Waals surface area contributed by atoms with Crippen molar-refractivity contribution in [1.82, 2.24) is 15.2 Å². The maximum Gasteiger partial charge on any atom is 0.412 e. The van der Waals surface area contributed by atoms with Crippen molar-refractivity contribution < 1.29 is 28.9 Å². The maximum absolute atomic E-state index is 12.5. The molecule has 164 valence electrons. The van der Waals surface area contributed by atoms with Gasteiger partial charge in [-0.1, -0.05) is 48.5 Å². The van der Waals surface area contributed by atoms with Crippen LogP contribution in [0.3, 0.4) is 0 Å². The van der Waals surface area contributed by atoms with Crippen molar-refractivity contribution in [2.45, 2.75) is 12.8 Å². The second-order valence-corrected chi connectivity index (χ2v) is 7.13. The first-order valence-electron chi connectivity index (χ1n) is 9.95. The standard InChI is InChI=1S/C22H20N4O6/c1-2-26(11-18(27)28)21(29)19-20(25-32-24-19)23-22(30)31-12-17-15-9-5-3-7-13(15)14-8-4-6-10-16(14)17/h3-10,17H,2,11-12H2,1H3,(H,27,28)(H,23,25,30). The minimum atomic E-state index is -1.18. The summed E-state index contributed by atoms with van der Waals surface area (Å²) in [7, 11) is 0. The second kappa shape index (κ2) is 8.88. The van der Waals surface area contributed by atoms with E-state index in [1.807, 2.05) is 48.5 Å². The van der Waals surface area contributed by atoms with Crippen molar-refractivity contribution in [2.24, 2.45) is 0 Å². The molecule has 1 heterocycles. The molecule has 2 amide bonds. The molecular formula is C22H20N4O6. The number of nitrogens with zero attached hydrogens (tertiary/aromatic N) is 3. The van der Waals surface area contributed by atoms with Crippen molar-refractivity contribution >= 4 is 23.8 Å². The lowest BCUT2D eigenvalue weighted by Gasteiger charge is -2.17. The summed E-state index contributed by atoms with van der Waals surface area (Å²) in [6.07, 6.45) is -0.835. The molecule has 10 heteroatoms. The Morgan fingerprint density at radius 2 is 1.69 bits per heavy atom. The Bertz CT molecular complexity index is 1130. The summed E-state index contributed by atoms with van der Waals surface area (Å²) in [4.78, 5) is 36.9. The van der Waals surface area contributed by atoms with Gasteiger partial charge in [-0.15, -0.1) is 0 Å². The SMILES string of the molecule is CCN(CC(=O)O)C(=O)c1nonc1NC(=O)OCC1c2ccccc2-c2ccccc21. The summed E-state index contributed by atoms with van der Waals surface area (Å²) in [5.74, 6) is -2.28. The van der Waals surface area contributed by atoms with E-state index in [2.05, 4.69) is 20.3 Å². The molecule has 1 aliphatic rings. The molecule has 0 atom stereocenters. The van der Waals surface area contributed by atoms with Crippen LogP contribution >= 0.6 is 0 Å². The predicted octanol–water partition coefficient (Wildman–Crippen LogP) is 2.98. The van der Waals surface area contributed by atoms with Gasteiger partial charge in [0, 0.05) is 12.5 Å². The van der Waals surface area contributed by atoms with Crippen LogP contribution in [0.25, 0.3) is 11.1 Å². The first kappa shape index (κ1) is 21.0. The van der Waals surface area contributed by atoms with Gasteiger partial charge in [0.05, 0.1) is 0 Å². The average Bonchev–Trinajstić information content (AvgIpc) is 3.38. The molecule has 0 radical (unpaired) electrons. The van der Waals surface area contributed by atoms with Crippen LogP contribution in [-0.4, -0.2) is 58.0 Å². The van der Waals surface area contributed by atoms with Gasteiger partial charge in [-0.3, -0.25) is 14.9 Å². The van der Waals surface area contributed by atoms with E-state index in [-0.39, 0.29) is 30.6 Å². The highest BCUT2D eigenvalue weighted by molar-refractivity contribution is 6.00. The summed E-state index contributed by atoms with van der Waals surface area (Å²) in [6, 6.07) is 15.9. The van der Waals surface area contributed by atoms with Gasteiger partial charge in [-0.2, -0.15) is 0 Å². The molecular weight excluding hydrogens is 416 g/mol. The Kier molecular flexibility index (Phi) is 5.84. The number of aliphatic carboxylic acids is 1. The van der Waals surface area contributed by atoms with E-state index in [0.29, 0.717) is 0 Å². The zero-order valence-electron chi connectivity index (χ0n) is 17.1. The highest BCUT2D eigenvalue weighted by Gasteiger charge is 2.30. The van der Waals surface area contributed by atoms with Crippen molar-refractivity contribution in [3.8, 4) is 11.1 Å². The molecule has 0 fully saturated rings. The topological polar surface area (TPSA) is 135 Å². The Morgan fingerprint density at radius 1 is 1.06 bits per heavy atom. The fourth-order valence-electron chi connectivity index (χ4n) is 3.78. The molecule has 2 aromatic carbocycles. The zero-order valence-corrected chi connectivity index (χ0v) is 17.1. The number of carbonyl (C=O) groups excluding carboxylic acids is 2. The smallest absolute Gasteiger partial charge is 0.412 e. The maximum atomic E-state index is 12.5. The molecule has 0 bridgehead atoms. The third kappa shape index (κ3) is 4.02. The van der Waals surface area contributed by atoms with Gasteiger partial charge in [0.2, 0.25) is 11.5 Å². The van der Waals surface area contributed by atoms with E-state index >= 15 is 0 Å². The number of carboxylic acid groups (broad SMARTS) is 1. The van der Waals surface area contributed by atoms with Crippen LogP contribution in [0.15, 0.2) is 53.2 Å². The Hall–Kier alpha value is -4.21. The highest BCUT2D eigenvalue weighted by atomic mass is 16.6. The monoisotopic (exact) mass is 436 g/mol. The van der Waals surface area contributed by atoms with Crippen LogP contribution in [-0.2, 0) is 9.53 Å². The number of carboxylic acids is 1. The number of likely N-dealkylation sites (N-methyl/N-ethyl adjacent to an activating group) is 1. The lowest BCUT2D eigenvalue weighted by atomic mass is 9.98. The summed E-state index contributed by atoms with van der Waals surface area (Å²) in [5.41, 5.74) is 4.02. The second-order valence-electron chi connectivity index (χ2n) is 7.13. The highest BCUT2D eigenvalue weighted by Crippen LogP contribution is 2.44. The first-order valence-corrected chi connectivity index (χ1v) is 9.95.